The summed E-state index contributed by atoms with van der Waals surface area (Å²) < 4.78 is 0. The Labute approximate surface area is 186 Å². The van der Waals surface area contributed by atoms with Crippen LogP contribution < -0.4 is 5.32 Å². The van der Waals surface area contributed by atoms with Gasteiger partial charge in [-0.2, -0.15) is 0 Å². The molecule has 0 aliphatic carbocycles. The number of hydrogen-bond donors (Lipinski definition) is 1. The number of rotatable bonds is 12. The van der Waals surface area contributed by atoms with Gasteiger partial charge in [0.25, 0.3) is 0 Å². The molecule has 3 atom stereocenters. The number of hydrogen-bond acceptors (Lipinski definition) is 3. The van der Waals surface area contributed by atoms with Crippen LogP contribution in [0, 0.1) is 17.8 Å². The maximum absolute atomic E-state index is 13.2. The third kappa shape index (κ3) is 8.49. The SMILES string of the molecule is CC(=O)C(CC(=O)C(Cc1ccccc1)NC(=O)C(C)Cc1ccccc1)CC(C)C. The first-order chi connectivity index (χ1) is 14.8. The average Bonchev–Trinajstić information content (AvgIpc) is 2.73. The third-order valence-electron chi connectivity index (χ3n) is 5.60. The van der Waals surface area contributed by atoms with Crippen molar-refractivity contribution >= 4 is 17.5 Å². The minimum atomic E-state index is -0.637. The highest BCUT2D eigenvalue weighted by Crippen LogP contribution is 2.19. The molecule has 0 aliphatic rings. The van der Waals surface area contributed by atoms with E-state index in [1.165, 1.54) is 0 Å². The van der Waals surface area contributed by atoms with E-state index < -0.39 is 6.04 Å². The summed E-state index contributed by atoms with van der Waals surface area (Å²) in [6.07, 6.45) is 1.88. The second-order valence-corrected chi connectivity index (χ2v) is 8.95. The van der Waals surface area contributed by atoms with Crippen LogP contribution >= 0.6 is 0 Å². The summed E-state index contributed by atoms with van der Waals surface area (Å²) in [5.41, 5.74) is 2.07. The zero-order valence-electron chi connectivity index (χ0n) is 19.1. The zero-order chi connectivity index (χ0) is 22.8. The van der Waals surface area contributed by atoms with Crippen molar-refractivity contribution in [2.75, 3.05) is 0 Å². The minimum absolute atomic E-state index is 0.0317. The molecule has 2 aromatic carbocycles. The fraction of sp³-hybridized carbons (Fsp3) is 0.444. The molecule has 31 heavy (non-hydrogen) atoms. The van der Waals surface area contributed by atoms with Crippen molar-refractivity contribution in [2.45, 2.75) is 59.4 Å². The van der Waals surface area contributed by atoms with Gasteiger partial charge in [0.05, 0.1) is 6.04 Å². The van der Waals surface area contributed by atoms with Crippen LogP contribution in [0.4, 0.5) is 0 Å². The summed E-state index contributed by atoms with van der Waals surface area (Å²) in [5.74, 6) is -0.414. The number of ketones is 2. The molecule has 0 radical (unpaired) electrons. The summed E-state index contributed by atoms with van der Waals surface area (Å²) in [6, 6.07) is 18.9. The van der Waals surface area contributed by atoms with Crippen LogP contribution in [-0.2, 0) is 27.2 Å². The predicted molar refractivity (Wildman–Crippen MR) is 125 cm³/mol. The minimum Gasteiger partial charge on any atom is -0.346 e. The maximum Gasteiger partial charge on any atom is 0.223 e. The van der Waals surface area contributed by atoms with Gasteiger partial charge in [-0.05, 0) is 43.2 Å². The van der Waals surface area contributed by atoms with Crippen LogP contribution in [0.15, 0.2) is 60.7 Å². The van der Waals surface area contributed by atoms with Crippen molar-refractivity contribution in [1.29, 1.82) is 0 Å². The van der Waals surface area contributed by atoms with Gasteiger partial charge in [-0.25, -0.2) is 0 Å². The van der Waals surface area contributed by atoms with E-state index in [9.17, 15) is 14.4 Å². The van der Waals surface area contributed by atoms with Crippen LogP contribution in [0.25, 0.3) is 0 Å². The fourth-order valence-corrected chi connectivity index (χ4v) is 3.82. The Hall–Kier alpha value is -2.75. The Bertz CT molecular complexity index is 845. The second-order valence-electron chi connectivity index (χ2n) is 8.95. The monoisotopic (exact) mass is 421 g/mol. The van der Waals surface area contributed by atoms with E-state index >= 15 is 0 Å². The molecular formula is C27H35NO3. The molecule has 0 aliphatic heterocycles. The second kappa shape index (κ2) is 12.2. The lowest BCUT2D eigenvalue weighted by atomic mass is 9.86. The molecule has 0 spiro atoms. The molecule has 4 heteroatoms. The first-order valence-electron chi connectivity index (χ1n) is 11.2. The number of benzene rings is 2. The molecule has 1 amide bonds. The Morgan fingerprint density at radius 1 is 0.806 bits per heavy atom. The first kappa shape index (κ1) is 24.5. The highest BCUT2D eigenvalue weighted by atomic mass is 16.2. The van der Waals surface area contributed by atoms with Crippen LogP contribution in [0.1, 0.15) is 51.7 Å². The molecule has 2 aromatic rings. The molecular weight excluding hydrogens is 386 g/mol. The highest BCUT2D eigenvalue weighted by molar-refractivity contribution is 5.93. The molecule has 0 aromatic heterocycles. The van der Waals surface area contributed by atoms with E-state index in [-0.39, 0.29) is 35.7 Å². The Kier molecular flexibility index (Phi) is 9.64. The summed E-state index contributed by atoms with van der Waals surface area (Å²) in [4.78, 5) is 38.2. The lowest BCUT2D eigenvalue weighted by molar-refractivity contribution is -0.131. The number of Topliss-reactive ketones (excluding diaryl/α,β-unsaturated/α-hetero) is 2. The third-order valence-corrected chi connectivity index (χ3v) is 5.60. The largest absolute Gasteiger partial charge is 0.346 e. The summed E-state index contributed by atoms with van der Waals surface area (Å²) in [6.45, 7) is 7.53. The first-order valence-corrected chi connectivity index (χ1v) is 11.2. The molecule has 166 valence electrons. The van der Waals surface area contributed by atoms with Crippen molar-refractivity contribution < 1.29 is 14.4 Å². The van der Waals surface area contributed by atoms with Gasteiger partial charge in [0.15, 0.2) is 5.78 Å². The number of nitrogens with one attached hydrogen (secondary N) is 1. The van der Waals surface area contributed by atoms with Gasteiger partial charge in [-0.3, -0.25) is 14.4 Å². The molecule has 1 N–H and O–H groups in total. The quantitative estimate of drug-likeness (QED) is 0.535. The van der Waals surface area contributed by atoms with Crippen LogP contribution in [0.3, 0.4) is 0 Å². The van der Waals surface area contributed by atoms with E-state index in [0.717, 1.165) is 11.1 Å². The zero-order valence-corrected chi connectivity index (χ0v) is 19.1. The van der Waals surface area contributed by atoms with Gasteiger partial charge in [-0.1, -0.05) is 81.4 Å². The Balaban J connectivity index is 2.12. The summed E-state index contributed by atoms with van der Waals surface area (Å²) in [5, 5.41) is 2.98. The predicted octanol–water partition coefficient (Wildman–Crippen LogP) is 4.80. The standard InChI is InChI=1S/C27H35NO3/c1-19(2)15-24(21(4)29)18-26(30)25(17-23-13-9-6-10-14-23)28-27(31)20(3)16-22-11-7-5-8-12-22/h5-14,19-20,24-25H,15-18H2,1-4H3,(H,28,31). The average molecular weight is 422 g/mol. The van der Waals surface area contributed by atoms with Crippen LogP contribution in [0.5, 0.6) is 0 Å². The van der Waals surface area contributed by atoms with Crippen LogP contribution in [-0.4, -0.2) is 23.5 Å². The van der Waals surface area contributed by atoms with Crippen LogP contribution in [0.2, 0.25) is 0 Å². The smallest absolute Gasteiger partial charge is 0.223 e. The number of carbonyl (C=O) groups is 3. The van der Waals surface area contributed by atoms with Gasteiger partial charge in [0.1, 0.15) is 5.78 Å². The summed E-state index contributed by atoms with van der Waals surface area (Å²) in [7, 11) is 0. The molecule has 0 heterocycles. The van der Waals surface area contributed by atoms with Crippen molar-refractivity contribution in [3.05, 3.63) is 71.8 Å². The van der Waals surface area contributed by atoms with Crippen molar-refractivity contribution in [3.8, 4) is 0 Å². The van der Waals surface area contributed by atoms with E-state index in [1.54, 1.807) is 6.92 Å². The summed E-state index contributed by atoms with van der Waals surface area (Å²) >= 11 is 0. The van der Waals surface area contributed by atoms with Crippen molar-refractivity contribution in [3.63, 3.8) is 0 Å². The highest BCUT2D eigenvalue weighted by Gasteiger charge is 2.28. The van der Waals surface area contributed by atoms with Gasteiger partial charge < -0.3 is 5.32 Å². The fourth-order valence-electron chi connectivity index (χ4n) is 3.82. The molecule has 2 rings (SSSR count). The molecule has 0 saturated heterocycles. The lowest BCUT2D eigenvalue weighted by Crippen LogP contribution is -2.45. The van der Waals surface area contributed by atoms with E-state index in [1.807, 2.05) is 67.6 Å². The molecule has 0 bridgehead atoms. The van der Waals surface area contributed by atoms with Gasteiger partial charge in [-0.15, -0.1) is 0 Å². The van der Waals surface area contributed by atoms with E-state index in [0.29, 0.717) is 25.2 Å². The molecule has 0 fully saturated rings. The topological polar surface area (TPSA) is 63.2 Å². The normalized spacial score (nSPS) is 14.0. The Morgan fingerprint density at radius 2 is 1.32 bits per heavy atom. The maximum atomic E-state index is 13.2. The number of carbonyl (C=O) groups excluding carboxylic acids is 3. The Morgan fingerprint density at radius 3 is 1.81 bits per heavy atom. The van der Waals surface area contributed by atoms with E-state index in [4.69, 9.17) is 0 Å². The molecule has 4 nitrogen and oxygen atoms in total. The van der Waals surface area contributed by atoms with Crippen molar-refractivity contribution in [2.24, 2.45) is 17.8 Å². The van der Waals surface area contributed by atoms with E-state index in [2.05, 4.69) is 19.2 Å². The number of amides is 1. The van der Waals surface area contributed by atoms with Gasteiger partial charge in [0, 0.05) is 18.3 Å². The molecule has 3 unspecified atom stereocenters. The molecule has 0 saturated carbocycles. The lowest BCUT2D eigenvalue weighted by Gasteiger charge is -2.23. The van der Waals surface area contributed by atoms with Gasteiger partial charge >= 0.3 is 0 Å². The van der Waals surface area contributed by atoms with Crippen molar-refractivity contribution in [1.82, 2.24) is 5.32 Å². The van der Waals surface area contributed by atoms with Gasteiger partial charge in [0.2, 0.25) is 5.91 Å².